The molecule has 0 radical (unpaired) electrons. The normalized spacial score (nSPS) is 17.6. The maximum Gasteiger partial charge on any atom is 0.174 e. The van der Waals surface area contributed by atoms with Gasteiger partial charge in [-0.25, -0.2) is 4.98 Å². The first kappa shape index (κ1) is 22.1. The Morgan fingerprint density at radius 3 is 2.24 bits per heavy atom. The van der Waals surface area contributed by atoms with Crippen molar-refractivity contribution >= 4 is 28.7 Å². The highest BCUT2D eigenvalue weighted by molar-refractivity contribution is 7.80. The first-order valence-corrected chi connectivity index (χ1v) is 11.7. The molecule has 0 saturated carbocycles. The zero-order valence-electron chi connectivity index (χ0n) is 19.8. The van der Waals surface area contributed by atoms with Gasteiger partial charge in [-0.1, -0.05) is 12.1 Å². The van der Waals surface area contributed by atoms with E-state index >= 15 is 0 Å². The summed E-state index contributed by atoms with van der Waals surface area (Å²) in [4.78, 5) is 13.6. The van der Waals surface area contributed by atoms with Crippen LogP contribution in [0.15, 0.2) is 79.1 Å². The van der Waals surface area contributed by atoms with Crippen LogP contribution in [0.5, 0.6) is 0 Å². The number of thiocarbonyl (C=S) groups is 1. The lowest BCUT2D eigenvalue weighted by molar-refractivity contribution is 0.565. The molecule has 5 rings (SSSR count). The van der Waals surface area contributed by atoms with Crippen molar-refractivity contribution in [3.05, 3.63) is 102 Å². The molecule has 1 aliphatic heterocycles. The molecule has 1 fully saturated rings. The van der Waals surface area contributed by atoms with E-state index in [0.29, 0.717) is 5.11 Å². The zero-order chi connectivity index (χ0) is 23.8. The average Bonchev–Trinajstić information content (AvgIpc) is 3.35. The fourth-order valence-electron chi connectivity index (χ4n) is 4.79. The quantitative estimate of drug-likeness (QED) is 0.410. The summed E-state index contributed by atoms with van der Waals surface area (Å²) in [6, 6.07) is 22.6. The Bertz CT molecular complexity index is 1300. The summed E-state index contributed by atoms with van der Waals surface area (Å²) >= 11 is 5.89. The van der Waals surface area contributed by atoms with E-state index in [0.717, 1.165) is 34.3 Å². The summed E-state index contributed by atoms with van der Waals surface area (Å²) < 4.78 is 2.21. The van der Waals surface area contributed by atoms with Gasteiger partial charge in [0.2, 0.25) is 0 Å². The average molecular weight is 469 g/mol. The van der Waals surface area contributed by atoms with Crippen LogP contribution in [0.1, 0.15) is 34.7 Å². The van der Waals surface area contributed by atoms with Crippen LogP contribution in [0.25, 0.3) is 5.82 Å². The van der Waals surface area contributed by atoms with Crippen LogP contribution in [0.4, 0.5) is 11.4 Å². The molecule has 0 spiro atoms. The second-order valence-corrected chi connectivity index (χ2v) is 9.14. The van der Waals surface area contributed by atoms with Crippen LogP contribution < -0.4 is 15.1 Å². The highest BCUT2D eigenvalue weighted by Gasteiger charge is 2.42. The van der Waals surface area contributed by atoms with Gasteiger partial charge in [-0.05, 0) is 86.2 Å². The Labute approximate surface area is 205 Å². The van der Waals surface area contributed by atoms with Crippen LogP contribution in [0.2, 0.25) is 0 Å². The summed E-state index contributed by atoms with van der Waals surface area (Å²) in [6.07, 6.45) is 3.66. The molecule has 6 nitrogen and oxygen atoms in total. The molecule has 7 heteroatoms. The van der Waals surface area contributed by atoms with Gasteiger partial charge in [0.05, 0.1) is 17.8 Å². The minimum atomic E-state index is -0.0834. The topological polar surface area (TPSA) is 49.2 Å². The third kappa shape index (κ3) is 3.82. The summed E-state index contributed by atoms with van der Waals surface area (Å²) in [6.45, 7) is 4.28. The van der Waals surface area contributed by atoms with E-state index < -0.39 is 0 Å². The molecule has 0 bridgehead atoms. The predicted molar refractivity (Wildman–Crippen MR) is 142 cm³/mol. The molecule has 34 heavy (non-hydrogen) atoms. The van der Waals surface area contributed by atoms with E-state index in [1.165, 1.54) is 5.56 Å². The Morgan fingerprint density at radius 1 is 0.912 bits per heavy atom. The Morgan fingerprint density at radius 2 is 1.62 bits per heavy atom. The number of benzene rings is 1. The SMILES string of the molecule is Cc1cc([C@H]2[C@@H](c3ccccn3)NC(=S)N2c2ccc(N(C)C)cc2)c(C)n1-c1ccccn1. The minimum Gasteiger partial charge on any atom is -0.378 e. The van der Waals surface area contributed by atoms with Crippen molar-refractivity contribution in [2.45, 2.75) is 25.9 Å². The number of nitrogens with zero attached hydrogens (tertiary/aromatic N) is 5. The van der Waals surface area contributed by atoms with Crippen molar-refractivity contribution in [1.29, 1.82) is 0 Å². The molecule has 1 saturated heterocycles. The molecule has 1 aromatic carbocycles. The number of rotatable bonds is 5. The van der Waals surface area contributed by atoms with Crippen LogP contribution in [-0.2, 0) is 0 Å². The molecular weight excluding hydrogens is 440 g/mol. The molecule has 2 atom stereocenters. The van der Waals surface area contributed by atoms with Crippen LogP contribution in [0, 0.1) is 13.8 Å². The molecule has 1 aliphatic rings. The van der Waals surface area contributed by atoms with Crippen molar-refractivity contribution in [3.63, 3.8) is 0 Å². The van der Waals surface area contributed by atoms with Crippen LogP contribution >= 0.6 is 12.2 Å². The van der Waals surface area contributed by atoms with E-state index in [2.05, 4.69) is 79.9 Å². The standard InChI is InChI=1S/C27H28N6S/c1-18-17-22(19(2)32(18)24-10-6-8-16-29-24)26-25(23-9-5-7-15-28-23)30-27(34)33(26)21-13-11-20(12-14-21)31(3)4/h5-17,25-26H,1-4H3,(H,30,34)/t25-,26+/m1/s1. The number of anilines is 2. The fraction of sp³-hybridized carbons (Fsp3) is 0.222. The van der Waals surface area contributed by atoms with Crippen molar-refractivity contribution in [1.82, 2.24) is 19.9 Å². The number of aromatic nitrogens is 3. The molecule has 172 valence electrons. The van der Waals surface area contributed by atoms with E-state index in [-0.39, 0.29) is 12.1 Å². The van der Waals surface area contributed by atoms with Crippen molar-refractivity contribution in [2.75, 3.05) is 23.9 Å². The van der Waals surface area contributed by atoms with Gasteiger partial charge in [-0.2, -0.15) is 0 Å². The molecule has 0 unspecified atom stereocenters. The molecule has 4 heterocycles. The molecule has 3 aromatic heterocycles. The molecule has 0 amide bonds. The van der Waals surface area contributed by atoms with Crippen molar-refractivity contribution in [3.8, 4) is 5.82 Å². The smallest absolute Gasteiger partial charge is 0.174 e. The molecule has 4 aromatic rings. The largest absolute Gasteiger partial charge is 0.378 e. The fourth-order valence-corrected chi connectivity index (χ4v) is 5.13. The monoisotopic (exact) mass is 468 g/mol. The third-order valence-corrected chi connectivity index (χ3v) is 6.72. The van der Waals surface area contributed by atoms with Gasteiger partial charge in [0.15, 0.2) is 5.11 Å². The Balaban J connectivity index is 1.65. The minimum absolute atomic E-state index is 0.0590. The van der Waals surface area contributed by atoms with Gasteiger partial charge in [0, 0.05) is 49.3 Å². The van der Waals surface area contributed by atoms with Gasteiger partial charge < -0.3 is 19.7 Å². The first-order valence-electron chi connectivity index (χ1n) is 11.3. The Hall–Kier alpha value is -3.71. The zero-order valence-corrected chi connectivity index (χ0v) is 20.6. The van der Waals surface area contributed by atoms with E-state index in [1.54, 1.807) is 0 Å². The number of aryl methyl sites for hydroxylation is 1. The van der Waals surface area contributed by atoms with Crippen molar-refractivity contribution < 1.29 is 0 Å². The maximum atomic E-state index is 5.89. The van der Waals surface area contributed by atoms with Gasteiger partial charge in [0.1, 0.15) is 5.82 Å². The van der Waals surface area contributed by atoms with Gasteiger partial charge in [-0.15, -0.1) is 0 Å². The van der Waals surface area contributed by atoms with Crippen LogP contribution in [-0.4, -0.2) is 33.7 Å². The third-order valence-electron chi connectivity index (χ3n) is 6.41. The number of hydrogen-bond acceptors (Lipinski definition) is 4. The van der Waals surface area contributed by atoms with Gasteiger partial charge >= 0.3 is 0 Å². The number of nitrogens with one attached hydrogen (secondary N) is 1. The predicted octanol–water partition coefficient (Wildman–Crippen LogP) is 5.13. The first-order chi connectivity index (χ1) is 16.5. The molecule has 0 aliphatic carbocycles. The highest BCUT2D eigenvalue weighted by atomic mass is 32.1. The van der Waals surface area contributed by atoms with Gasteiger partial charge in [-0.3, -0.25) is 4.98 Å². The number of pyridine rings is 2. The van der Waals surface area contributed by atoms with Crippen LogP contribution in [0.3, 0.4) is 0 Å². The summed E-state index contributed by atoms with van der Waals surface area (Å²) in [7, 11) is 4.09. The second-order valence-electron chi connectivity index (χ2n) is 8.76. The molecular formula is C27H28N6S. The van der Waals surface area contributed by atoms with E-state index in [4.69, 9.17) is 12.2 Å². The van der Waals surface area contributed by atoms with Crippen molar-refractivity contribution in [2.24, 2.45) is 0 Å². The summed E-state index contributed by atoms with van der Waals surface area (Å²) in [5.74, 6) is 0.911. The van der Waals surface area contributed by atoms with E-state index in [9.17, 15) is 0 Å². The van der Waals surface area contributed by atoms with Gasteiger partial charge in [0.25, 0.3) is 0 Å². The summed E-state index contributed by atoms with van der Waals surface area (Å²) in [5, 5.41) is 4.26. The summed E-state index contributed by atoms with van der Waals surface area (Å²) in [5.41, 5.74) is 6.63. The second kappa shape index (κ2) is 8.91. The maximum absolute atomic E-state index is 5.89. The lowest BCUT2D eigenvalue weighted by Crippen LogP contribution is -2.29. The highest BCUT2D eigenvalue weighted by Crippen LogP contribution is 2.43. The lowest BCUT2D eigenvalue weighted by atomic mass is 9.96. The lowest BCUT2D eigenvalue weighted by Gasteiger charge is -2.28. The van der Waals surface area contributed by atoms with E-state index in [1.807, 2.05) is 56.8 Å². The number of hydrogen-bond donors (Lipinski definition) is 1. The Kier molecular flexibility index (Phi) is 5.79. The molecule has 1 N–H and O–H groups in total.